The molecule has 1 saturated heterocycles. The number of ketones is 1. The quantitative estimate of drug-likeness (QED) is 0.666. The molecule has 31 heavy (non-hydrogen) atoms. The number of carbonyl (C=O) groups is 3. The van der Waals surface area contributed by atoms with Crippen LogP contribution in [0.1, 0.15) is 24.2 Å². The molecule has 0 radical (unpaired) electrons. The Bertz CT molecular complexity index is 957. The Hall–Kier alpha value is -3.06. The second-order valence-corrected chi connectivity index (χ2v) is 7.85. The van der Waals surface area contributed by atoms with Crippen LogP contribution < -0.4 is 15.0 Å². The number of halogens is 1. The second kappa shape index (κ2) is 10.3. The molecule has 0 aliphatic carbocycles. The Morgan fingerprint density at radius 2 is 1.77 bits per heavy atom. The summed E-state index contributed by atoms with van der Waals surface area (Å²) in [6, 6.07) is 14.3. The molecule has 2 amide bonds. The summed E-state index contributed by atoms with van der Waals surface area (Å²) in [5.41, 5.74) is 1.55. The van der Waals surface area contributed by atoms with Gasteiger partial charge in [0.15, 0.2) is 11.9 Å². The maximum atomic E-state index is 12.5. The molecule has 1 atom stereocenters. The van der Waals surface area contributed by atoms with Crippen molar-refractivity contribution < 1.29 is 19.1 Å². The van der Waals surface area contributed by atoms with Gasteiger partial charge in [0.2, 0.25) is 5.91 Å². The van der Waals surface area contributed by atoms with Crippen LogP contribution in [0.15, 0.2) is 48.5 Å². The molecule has 1 fully saturated rings. The molecule has 0 bridgehead atoms. The first kappa shape index (κ1) is 22.6. The third-order valence-corrected chi connectivity index (χ3v) is 5.38. The lowest BCUT2D eigenvalue weighted by Gasteiger charge is -2.36. The van der Waals surface area contributed by atoms with E-state index in [2.05, 4.69) is 10.2 Å². The number of benzene rings is 2. The molecule has 1 aliphatic heterocycles. The van der Waals surface area contributed by atoms with Crippen LogP contribution in [0.25, 0.3) is 0 Å². The molecule has 8 heteroatoms. The normalized spacial score (nSPS) is 14.7. The van der Waals surface area contributed by atoms with Gasteiger partial charge in [-0.25, -0.2) is 0 Å². The third-order valence-electron chi connectivity index (χ3n) is 5.14. The molecule has 0 spiro atoms. The van der Waals surface area contributed by atoms with E-state index in [1.165, 1.54) is 6.92 Å². The summed E-state index contributed by atoms with van der Waals surface area (Å²) in [6.45, 7) is 5.53. The van der Waals surface area contributed by atoms with E-state index in [9.17, 15) is 14.4 Å². The average Bonchev–Trinajstić information content (AvgIpc) is 2.77. The van der Waals surface area contributed by atoms with Gasteiger partial charge >= 0.3 is 0 Å². The fourth-order valence-electron chi connectivity index (χ4n) is 3.35. The van der Waals surface area contributed by atoms with E-state index in [1.807, 2.05) is 24.3 Å². The monoisotopic (exact) mass is 443 g/mol. The van der Waals surface area contributed by atoms with Crippen molar-refractivity contribution in [2.24, 2.45) is 0 Å². The van der Waals surface area contributed by atoms with E-state index in [-0.39, 0.29) is 24.1 Å². The molecule has 3 rings (SSSR count). The van der Waals surface area contributed by atoms with E-state index in [0.29, 0.717) is 42.5 Å². The van der Waals surface area contributed by atoms with Crippen molar-refractivity contribution in [3.63, 3.8) is 0 Å². The molecule has 2 aromatic rings. The fraction of sp³-hybridized carbons (Fsp3) is 0.348. The molecule has 164 valence electrons. The van der Waals surface area contributed by atoms with Gasteiger partial charge in [-0.3, -0.25) is 14.4 Å². The van der Waals surface area contributed by atoms with Crippen LogP contribution in [0, 0.1) is 0 Å². The van der Waals surface area contributed by atoms with Crippen molar-refractivity contribution in [2.45, 2.75) is 20.0 Å². The van der Waals surface area contributed by atoms with Crippen molar-refractivity contribution >= 4 is 34.9 Å². The number of piperazine rings is 1. The number of hydrogen-bond acceptors (Lipinski definition) is 5. The summed E-state index contributed by atoms with van der Waals surface area (Å²) in [5, 5.41) is 3.32. The number of nitrogens with zero attached hydrogens (tertiary/aromatic N) is 2. The molecule has 7 nitrogen and oxygen atoms in total. The van der Waals surface area contributed by atoms with E-state index in [1.54, 1.807) is 36.1 Å². The number of hydrogen-bond donors (Lipinski definition) is 1. The lowest BCUT2D eigenvalue weighted by molar-refractivity contribution is -0.134. The van der Waals surface area contributed by atoms with Crippen LogP contribution in [0.3, 0.4) is 0 Å². The summed E-state index contributed by atoms with van der Waals surface area (Å²) >= 11 is 6.06. The first-order valence-electron chi connectivity index (χ1n) is 10.2. The van der Waals surface area contributed by atoms with E-state index in [0.717, 1.165) is 5.69 Å². The van der Waals surface area contributed by atoms with Gasteiger partial charge in [-0.15, -0.1) is 0 Å². The van der Waals surface area contributed by atoms with Gasteiger partial charge in [-0.1, -0.05) is 29.8 Å². The smallest absolute Gasteiger partial charge is 0.261 e. The lowest BCUT2D eigenvalue weighted by Crippen LogP contribution is -2.52. The van der Waals surface area contributed by atoms with Gasteiger partial charge in [-0.05, 0) is 44.2 Å². The van der Waals surface area contributed by atoms with Crippen LogP contribution in [-0.2, 0) is 9.59 Å². The highest BCUT2D eigenvalue weighted by atomic mass is 35.5. The van der Waals surface area contributed by atoms with Crippen LogP contribution in [0.2, 0.25) is 5.02 Å². The Morgan fingerprint density at radius 1 is 1.06 bits per heavy atom. The Labute approximate surface area is 186 Å². The second-order valence-electron chi connectivity index (χ2n) is 7.41. The third kappa shape index (κ3) is 6.21. The van der Waals surface area contributed by atoms with E-state index < -0.39 is 6.10 Å². The number of ether oxygens (including phenoxy) is 1. The lowest BCUT2D eigenvalue weighted by atomic mass is 10.1. The minimum atomic E-state index is -0.797. The molecule has 1 aliphatic rings. The average molecular weight is 444 g/mol. The summed E-state index contributed by atoms with van der Waals surface area (Å²) in [4.78, 5) is 40.2. The molecule has 0 saturated carbocycles. The highest BCUT2D eigenvalue weighted by molar-refractivity contribution is 6.30. The largest absolute Gasteiger partial charge is 0.481 e. The van der Waals surface area contributed by atoms with Gasteiger partial charge < -0.3 is 19.9 Å². The number of rotatable bonds is 7. The highest BCUT2D eigenvalue weighted by Crippen LogP contribution is 2.21. The van der Waals surface area contributed by atoms with Gasteiger partial charge in [0, 0.05) is 42.5 Å². The van der Waals surface area contributed by atoms with Gasteiger partial charge in [0.1, 0.15) is 5.75 Å². The number of anilines is 1. The van der Waals surface area contributed by atoms with E-state index >= 15 is 0 Å². The molecule has 1 unspecified atom stereocenters. The minimum absolute atomic E-state index is 0.0800. The zero-order valence-electron chi connectivity index (χ0n) is 17.6. The van der Waals surface area contributed by atoms with Crippen LogP contribution in [0.5, 0.6) is 5.75 Å². The number of amides is 2. The summed E-state index contributed by atoms with van der Waals surface area (Å²) in [5.74, 6) is -0.175. The molecule has 1 N–H and O–H groups in total. The number of carbonyl (C=O) groups excluding carboxylic acids is 3. The van der Waals surface area contributed by atoms with Crippen LogP contribution in [0.4, 0.5) is 5.69 Å². The molecule has 2 aromatic carbocycles. The van der Waals surface area contributed by atoms with Crippen LogP contribution >= 0.6 is 11.6 Å². The van der Waals surface area contributed by atoms with Crippen molar-refractivity contribution in [3.05, 3.63) is 59.1 Å². The Balaban J connectivity index is 1.44. The Kier molecular flexibility index (Phi) is 7.52. The predicted molar refractivity (Wildman–Crippen MR) is 120 cm³/mol. The Morgan fingerprint density at radius 3 is 2.45 bits per heavy atom. The molecular formula is C23H26ClN3O4. The SMILES string of the molecule is CC(=O)c1cccc(OC(C)C(=O)NCC(=O)N2CCN(c3cccc(Cl)c3)CC2)c1. The highest BCUT2D eigenvalue weighted by Gasteiger charge is 2.23. The van der Waals surface area contributed by atoms with E-state index in [4.69, 9.17) is 16.3 Å². The summed E-state index contributed by atoms with van der Waals surface area (Å²) in [6.07, 6.45) is -0.797. The zero-order valence-corrected chi connectivity index (χ0v) is 18.4. The van der Waals surface area contributed by atoms with Gasteiger partial charge in [-0.2, -0.15) is 0 Å². The van der Waals surface area contributed by atoms with Crippen molar-refractivity contribution in [2.75, 3.05) is 37.6 Å². The van der Waals surface area contributed by atoms with Crippen LogP contribution in [-0.4, -0.2) is 61.3 Å². The number of Topliss-reactive ketones (excluding diaryl/α,β-unsaturated/α-hetero) is 1. The molecule has 0 aromatic heterocycles. The molecule has 1 heterocycles. The van der Waals surface area contributed by atoms with Gasteiger partial charge in [0.05, 0.1) is 6.54 Å². The fourth-order valence-corrected chi connectivity index (χ4v) is 3.54. The van der Waals surface area contributed by atoms with Crippen molar-refractivity contribution in [1.82, 2.24) is 10.2 Å². The minimum Gasteiger partial charge on any atom is -0.481 e. The van der Waals surface area contributed by atoms with Crippen molar-refractivity contribution in [3.8, 4) is 5.75 Å². The molecular weight excluding hydrogens is 418 g/mol. The van der Waals surface area contributed by atoms with Crippen molar-refractivity contribution in [1.29, 1.82) is 0 Å². The maximum absolute atomic E-state index is 12.5. The predicted octanol–water partition coefficient (Wildman–Crippen LogP) is 2.77. The first-order valence-corrected chi connectivity index (χ1v) is 10.5. The van der Waals surface area contributed by atoms with Gasteiger partial charge in [0.25, 0.3) is 5.91 Å². The first-order chi connectivity index (χ1) is 14.8. The summed E-state index contributed by atoms with van der Waals surface area (Å²) in [7, 11) is 0. The number of nitrogens with one attached hydrogen (secondary N) is 1. The topological polar surface area (TPSA) is 78.9 Å². The standard InChI is InChI=1S/C23H26ClN3O4/c1-16(28)18-5-3-8-21(13-18)31-17(2)23(30)25-15-22(29)27-11-9-26(10-12-27)20-7-4-6-19(24)14-20/h3-8,13-14,17H,9-12,15H2,1-2H3,(H,25,30). The maximum Gasteiger partial charge on any atom is 0.261 e. The zero-order chi connectivity index (χ0) is 22.4. The summed E-state index contributed by atoms with van der Waals surface area (Å²) < 4.78 is 5.61.